The van der Waals surface area contributed by atoms with Crippen LogP contribution in [-0.2, 0) is 14.3 Å². The van der Waals surface area contributed by atoms with Crippen molar-refractivity contribution in [1.29, 1.82) is 0 Å². The molecule has 0 saturated heterocycles. The summed E-state index contributed by atoms with van der Waals surface area (Å²) in [5, 5.41) is 2.23. The number of methoxy groups -OCH3 is 2. The van der Waals surface area contributed by atoms with E-state index in [0.29, 0.717) is 23.1 Å². The van der Waals surface area contributed by atoms with Crippen molar-refractivity contribution >= 4 is 23.6 Å². The quantitative estimate of drug-likeness (QED) is 0.577. The van der Waals surface area contributed by atoms with Crippen LogP contribution >= 0.6 is 0 Å². The number of amides is 1. The number of anilines is 1. The maximum atomic E-state index is 13.6. The minimum Gasteiger partial charge on any atom is -0.497 e. The van der Waals surface area contributed by atoms with E-state index >= 15 is 0 Å². The number of rotatable bonds is 7. The smallest absolute Gasteiger partial charge is 0.331 e. The molecule has 0 fully saturated rings. The summed E-state index contributed by atoms with van der Waals surface area (Å²) in [4.78, 5) is 23.9. The van der Waals surface area contributed by atoms with Gasteiger partial charge in [-0.25, -0.2) is 13.6 Å². The zero-order chi connectivity index (χ0) is 20.7. The van der Waals surface area contributed by atoms with E-state index in [4.69, 9.17) is 14.2 Å². The number of hydrogen-bond donors (Lipinski definition) is 1. The highest BCUT2D eigenvalue weighted by molar-refractivity contribution is 5.96. The molecule has 2 rings (SSSR count). The highest BCUT2D eigenvalue weighted by Gasteiger charge is 2.18. The molecule has 148 valence electrons. The van der Waals surface area contributed by atoms with Gasteiger partial charge in [-0.1, -0.05) is 0 Å². The van der Waals surface area contributed by atoms with Crippen LogP contribution in [0.5, 0.6) is 11.5 Å². The molecule has 1 atom stereocenters. The number of ether oxygens (including phenoxy) is 3. The molecule has 1 amide bonds. The Hall–Kier alpha value is -3.42. The molecule has 2 aromatic rings. The van der Waals surface area contributed by atoms with E-state index in [-0.39, 0.29) is 5.69 Å². The van der Waals surface area contributed by atoms with Crippen molar-refractivity contribution in [2.75, 3.05) is 19.5 Å². The van der Waals surface area contributed by atoms with E-state index in [2.05, 4.69) is 5.32 Å². The lowest BCUT2D eigenvalue weighted by molar-refractivity contribution is -0.148. The van der Waals surface area contributed by atoms with Crippen molar-refractivity contribution in [1.82, 2.24) is 0 Å². The first-order valence-corrected chi connectivity index (χ1v) is 8.20. The minimum absolute atomic E-state index is 0.215. The van der Waals surface area contributed by atoms with Gasteiger partial charge in [-0.3, -0.25) is 4.79 Å². The summed E-state index contributed by atoms with van der Waals surface area (Å²) in [6.07, 6.45) is 1.41. The fraction of sp³-hybridized carbons (Fsp3) is 0.200. The summed E-state index contributed by atoms with van der Waals surface area (Å²) in [5.41, 5.74) is 0.409. The molecular weight excluding hydrogens is 372 g/mol. The minimum atomic E-state index is -1.19. The van der Waals surface area contributed by atoms with Gasteiger partial charge in [-0.05, 0) is 42.8 Å². The maximum absolute atomic E-state index is 13.6. The fourth-order valence-corrected chi connectivity index (χ4v) is 2.18. The Morgan fingerprint density at radius 3 is 2.25 bits per heavy atom. The van der Waals surface area contributed by atoms with Gasteiger partial charge in [0.15, 0.2) is 6.10 Å². The van der Waals surface area contributed by atoms with Crippen LogP contribution in [0.1, 0.15) is 12.5 Å². The van der Waals surface area contributed by atoms with Crippen LogP contribution < -0.4 is 14.8 Å². The number of esters is 1. The Bertz CT molecular complexity index is 876. The average molecular weight is 391 g/mol. The highest BCUT2D eigenvalue weighted by atomic mass is 19.1. The molecule has 1 N–H and O–H groups in total. The number of hydrogen-bond acceptors (Lipinski definition) is 5. The molecule has 0 aliphatic heterocycles. The molecular formula is C20H19F2NO5. The maximum Gasteiger partial charge on any atom is 0.331 e. The molecule has 8 heteroatoms. The fourth-order valence-electron chi connectivity index (χ4n) is 2.18. The van der Waals surface area contributed by atoms with E-state index in [1.165, 1.54) is 27.2 Å². The number of carbonyl (C=O) groups excluding carboxylic acids is 2. The lowest BCUT2D eigenvalue weighted by Crippen LogP contribution is -2.29. The molecule has 0 aromatic heterocycles. The van der Waals surface area contributed by atoms with Crippen LogP contribution in [0.4, 0.5) is 14.5 Å². The predicted molar refractivity (Wildman–Crippen MR) is 99.1 cm³/mol. The Balaban J connectivity index is 1.98. The van der Waals surface area contributed by atoms with E-state index in [1.807, 2.05) is 0 Å². The van der Waals surface area contributed by atoms with Crippen LogP contribution in [0.3, 0.4) is 0 Å². The topological polar surface area (TPSA) is 73.9 Å². The van der Waals surface area contributed by atoms with Gasteiger partial charge < -0.3 is 19.5 Å². The van der Waals surface area contributed by atoms with Crippen molar-refractivity contribution < 1.29 is 32.6 Å². The van der Waals surface area contributed by atoms with E-state index < -0.39 is 29.6 Å². The lowest BCUT2D eigenvalue weighted by atomic mass is 10.2. The third kappa shape index (κ3) is 5.80. The molecule has 6 nitrogen and oxygen atoms in total. The molecule has 0 aliphatic carbocycles. The van der Waals surface area contributed by atoms with Crippen LogP contribution in [-0.4, -0.2) is 32.2 Å². The van der Waals surface area contributed by atoms with Gasteiger partial charge in [0.1, 0.15) is 23.1 Å². The molecule has 0 radical (unpaired) electrons. The zero-order valence-corrected chi connectivity index (χ0v) is 15.5. The molecule has 2 aromatic carbocycles. The summed E-state index contributed by atoms with van der Waals surface area (Å²) >= 11 is 0. The molecule has 0 spiro atoms. The van der Waals surface area contributed by atoms with Gasteiger partial charge in [0, 0.05) is 18.2 Å². The number of carbonyl (C=O) groups is 2. The molecule has 0 bridgehead atoms. The molecule has 0 saturated carbocycles. The SMILES string of the molecule is COc1cc(/C=C/C(=O)O[C@H](C)C(=O)Nc2ccc(F)cc2F)cc(OC)c1. The highest BCUT2D eigenvalue weighted by Crippen LogP contribution is 2.23. The van der Waals surface area contributed by atoms with E-state index in [9.17, 15) is 18.4 Å². The van der Waals surface area contributed by atoms with Crippen LogP contribution in [0.25, 0.3) is 6.08 Å². The van der Waals surface area contributed by atoms with Crippen LogP contribution in [0, 0.1) is 11.6 Å². The van der Waals surface area contributed by atoms with E-state index in [1.54, 1.807) is 18.2 Å². The van der Waals surface area contributed by atoms with Crippen LogP contribution in [0.15, 0.2) is 42.5 Å². The van der Waals surface area contributed by atoms with Crippen molar-refractivity contribution in [3.8, 4) is 11.5 Å². The number of benzene rings is 2. The van der Waals surface area contributed by atoms with Crippen molar-refractivity contribution in [2.45, 2.75) is 13.0 Å². The van der Waals surface area contributed by atoms with Crippen LogP contribution in [0.2, 0.25) is 0 Å². The molecule has 0 unspecified atom stereocenters. The molecule has 28 heavy (non-hydrogen) atoms. The summed E-state index contributed by atoms with van der Waals surface area (Å²) in [6.45, 7) is 1.33. The summed E-state index contributed by atoms with van der Waals surface area (Å²) < 4.78 is 41.7. The van der Waals surface area contributed by atoms with Crippen molar-refractivity contribution in [2.24, 2.45) is 0 Å². The largest absolute Gasteiger partial charge is 0.497 e. The third-order valence-electron chi connectivity index (χ3n) is 3.64. The predicted octanol–water partition coefficient (Wildman–Crippen LogP) is 3.57. The van der Waals surface area contributed by atoms with Gasteiger partial charge in [-0.15, -0.1) is 0 Å². The average Bonchev–Trinajstić information content (AvgIpc) is 2.68. The zero-order valence-electron chi connectivity index (χ0n) is 15.5. The van der Waals surface area contributed by atoms with Gasteiger partial charge in [0.05, 0.1) is 19.9 Å². The van der Waals surface area contributed by atoms with Gasteiger partial charge in [-0.2, -0.15) is 0 Å². The first kappa shape index (κ1) is 20.9. The van der Waals surface area contributed by atoms with Crippen molar-refractivity contribution in [3.05, 3.63) is 59.7 Å². The Morgan fingerprint density at radius 1 is 1.04 bits per heavy atom. The normalized spacial score (nSPS) is 11.8. The van der Waals surface area contributed by atoms with Gasteiger partial charge in [0.2, 0.25) is 0 Å². The standard InChI is InChI=1S/C20H19F2NO5/c1-12(20(25)23-18-6-5-14(21)10-17(18)22)28-19(24)7-4-13-8-15(26-2)11-16(9-13)27-3/h4-12H,1-3H3,(H,23,25)/b7-4+/t12-/m1/s1. The Kier molecular flexibility index (Phi) is 7.08. The van der Waals surface area contributed by atoms with Crippen molar-refractivity contribution in [3.63, 3.8) is 0 Å². The Morgan fingerprint density at radius 2 is 1.68 bits per heavy atom. The summed E-state index contributed by atoms with van der Waals surface area (Å²) in [7, 11) is 3.00. The second-order valence-electron chi connectivity index (χ2n) is 5.67. The monoisotopic (exact) mass is 391 g/mol. The molecule has 0 aliphatic rings. The Labute approximate surface area is 160 Å². The molecule has 0 heterocycles. The lowest BCUT2D eigenvalue weighted by Gasteiger charge is -2.13. The number of halogens is 2. The second kappa shape index (κ2) is 9.50. The first-order chi connectivity index (χ1) is 13.3. The second-order valence-corrected chi connectivity index (χ2v) is 5.67. The van der Waals surface area contributed by atoms with Gasteiger partial charge in [0.25, 0.3) is 5.91 Å². The van der Waals surface area contributed by atoms with Gasteiger partial charge >= 0.3 is 5.97 Å². The first-order valence-electron chi connectivity index (χ1n) is 8.20. The third-order valence-corrected chi connectivity index (χ3v) is 3.64. The summed E-state index contributed by atoms with van der Waals surface area (Å²) in [6, 6.07) is 7.75. The summed E-state index contributed by atoms with van der Waals surface area (Å²) in [5.74, 6) is -2.14. The van der Waals surface area contributed by atoms with E-state index in [0.717, 1.165) is 18.2 Å². The number of nitrogens with one attached hydrogen (secondary N) is 1.